The standard InChI is InChI=1S/C15H8ClF3N2O3/c16-8-2-4-12(22)11(6-8)21-10-3-1-7(15(17,18)19)5-9(10)13(23)20-14(21)24/h1-6,22H,(H,20,23,24). The third-order valence-electron chi connectivity index (χ3n) is 3.41. The van der Waals surface area contributed by atoms with Gasteiger partial charge in [0.05, 0.1) is 22.2 Å². The van der Waals surface area contributed by atoms with Gasteiger partial charge in [-0.25, -0.2) is 4.79 Å². The van der Waals surface area contributed by atoms with Crippen LogP contribution in [0.25, 0.3) is 16.6 Å². The van der Waals surface area contributed by atoms with Crippen LogP contribution in [0.5, 0.6) is 5.75 Å². The number of rotatable bonds is 1. The number of alkyl halides is 3. The Morgan fingerprint density at radius 3 is 2.46 bits per heavy atom. The fourth-order valence-corrected chi connectivity index (χ4v) is 2.50. The van der Waals surface area contributed by atoms with Gasteiger partial charge in [0.1, 0.15) is 5.75 Å². The molecule has 0 saturated heterocycles. The second-order valence-electron chi connectivity index (χ2n) is 4.96. The fraction of sp³-hybridized carbons (Fsp3) is 0.0667. The topological polar surface area (TPSA) is 75.1 Å². The van der Waals surface area contributed by atoms with E-state index in [4.69, 9.17) is 11.6 Å². The molecule has 0 radical (unpaired) electrons. The molecule has 3 aromatic rings. The van der Waals surface area contributed by atoms with E-state index in [2.05, 4.69) is 0 Å². The summed E-state index contributed by atoms with van der Waals surface area (Å²) in [5.41, 5.74) is -3.05. The Kier molecular flexibility index (Phi) is 3.64. The van der Waals surface area contributed by atoms with Gasteiger partial charge in [0.2, 0.25) is 0 Å². The molecule has 9 heteroatoms. The Balaban J connectivity index is 2.43. The van der Waals surface area contributed by atoms with Crippen molar-refractivity contribution in [2.24, 2.45) is 0 Å². The minimum Gasteiger partial charge on any atom is -0.506 e. The lowest BCUT2D eigenvalue weighted by Crippen LogP contribution is -2.29. The van der Waals surface area contributed by atoms with E-state index in [0.717, 1.165) is 16.7 Å². The third kappa shape index (κ3) is 2.65. The van der Waals surface area contributed by atoms with Crippen LogP contribution >= 0.6 is 11.6 Å². The fourth-order valence-electron chi connectivity index (χ4n) is 2.33. The Hall–Kier alpha value is -2.74. The summed E-state index contributed by atoms with van der Waals surface area (Å²) in [4.78, 5) is 26.0. The highest BCUT2D eigenvalue weighted by atomic mass is 35.5. The SMILES string of the molecule is O=c1[nH]c(=O)n(-c2cc(Cl)ccc2O)c2ccc(C(F)(F)F)cc12. The molecule has 0 atom stereocenters. The van der Waals surface area contributed by atoms with Crippen molar-refractivity contribution in [2.75, 3.05) is 0 Å². The van der Waals surface area contributed by atoms with Crippen molar-refractivity contribution < 1.29 is 18.3 Å². The van der Waals surface area contributed by atoms with Crippen LogP contribution in [0.3, 0.4) is 0 Å². The molecule has 124 valence electrons. The smallest absolute Gasteiger partial charge is 0.416 e. The number of hydrogen-bond acceptors (Lipinski definition) is 3. The van der Waals surface area contributed by atoms with Crippen molar-refractivity contribution in [1.29, 1.82) is 0 Å². The molecule has 3 rings (SSSR count). The van der Waals surface area contributed by atoms with E-state index in [1.54, 1.807) is 0 Å². The van der Waals surface area contributed by atoms with Crippen LogP contribution < -0.4 is 11.2 Å². The number of H-pyrrole nitrogens is 1. The molecule has 2 N–H and O–H groups in total. The molecule has 0 spiro atoms. The van der Waals surface area contributed by atoms with Gasteiger partial charge >= 0.3 is 11.9 Å². The Labute approximate surface area is 136 Å². The molecule has 2 aromatic carbocycles. The van der Waals surface area contributed by atoms with Gasteiger partial charge in [-0.15, -0.1) is 0 Å². The van der Waals surface area contributed by atoms with Gasteiger partial charge in [0.25, 0.3) is 5.56 Å². The van der Waals surface area contributed by atoms with Crippen molar-refractivity contribution in [3.8, 4) is 11.4 Å². The number of hydrogen-bond donors (Lipinski definition) is 2. The Morgan fingerprint density at radius 2 is 1.79 bits per heavy atom. The van der Waals surface area contributed by atoms with Crippen molar-refractivity contribution >= 4 is 22.5 Å². The maximum atomic E-state index is 12.8. The first-order valence-electron chi connectivity index (χ1n) is 6.53. The Bertz CT molecular complexity index is 1070. The average molecular weight is 357 g/mol. The zero-order valence-corrected chi connectivity index (χ0v) is 12.4. The summed E-state index contributed by atoms with van der Waals surface area (Å²) in [5.74, 6) is -0.324. The molecular weight excluding hydrogens is 349 g/mol. The van der Waals surface area contributed by atoms with Gasteiger partial charge in [-0.1, -0.05) is 11.6 Å². The molecular formula is C15H8ClF3N2O3. The number of aromatic nitrogens is 2. The molecule has 0 aliphatic carbocycles. The maximum Gasteiger partial charge on any atom is 0.416 e. The highest BCUT2D eigenvalue weighted by molar-refractivity contribution is 6.30. The molecule has 0 amide bonds. The van der Waals surface area contributed by atoms with Gasteiger partial charge in [-0.3, -0.25) is 14.3 Å². The van der Waals surface area contributed by atoms with Crippen molar-refractivity contribution in [1.82, 2.24) is 9.55 Å². The zero-order valence-electron chi connectivity index (χ0n) is 11.7. The van der Waals surface area contributed by atoms with E-state index in [9.17, 15) is 27.9 Å². The first kappa shape index (κ1) is 16.1. The summed E-state index contributed by atoms with van der Waals surface area (Å²) in [6, 6.07) is 6.25. The lowest BCUT2D eigenvalue weighted by atomic mass is 10.1. The van der Waals surface area contributed by atoms with Crippen LogP contribution in [-0.2, 0) is 6.18 Å². The minimum absolute atomic E-state index is 0.0616. The van der Waals surface area contributed by atoms with Gasteiger partial charge in [-0.2, -0.15) is 13.2 Å². The molecule has 0 saturated carbocycles. The summed E-state index contributed by atoms with van der Waals surface area (Å²) in [5, 5.41) is 9.79. The Morgan fingerprint density at radius 1 is 1.08 bits per heavy atom. The normalized spacial score (nSPS) is 11.8. The lowest BCUT2D eigenvalue weighted by Gasteiger charge is -2.13. The summed E-state index contributed by atoms with van der Waals surface area (Å²) < 4.78 is 39.4. The van der Waals surface area contributed by atoms with Gasteiger partial charge in [-0.05, 0) is 36.4 Å². The van der Waals surface area contributed by atoms with E-state index in [1.165, 1.54) is 18.2 Å². The number of nitrogens with zero attached hydrogens (tertiary/aromatic N) is 1. The highest BCUT2D eigenvalue weighted by Crippen LogP contribution is 2.31. The first-order chi connectivity index (χ1) is 11.2. The lowest BCUT2D eigenvalue weighted by molar-refractivity contribution is -0.137. The van der Waals surface area contributed by atoms with Gasteiger partial charge in [0, 0.05) is 5.02 Å². The van der Waals surface area contributed by atoms with E-state index in [1.807, 2.05) is 4.98 Å². The summed E-state index contributed by atoms with van der Waals surface area (Å²) in [6.45, 7) is 0. The summed E-state index contributed by atoms with van der Waals surface area (Å²) in [6.07, 6.45) is -4.64. The molecule has 0 fully saturated rings. The predicted molar refractivity (Wildman–Crippen MR) is 81.8 cm³/mol. The first-order valence-corrected chi connectivity index (χ1v) is 6.91. The zero-order chi connectivity index (χ0) is 17.6. The van der Waals surface area contributed by atoms with E-state index < -0.39 is 23.0 Å². The molecule has 0 unspecified atom stereocenters. The highest BCUT2D eigenvalue weighted by Gasteiger charge is 2.31. The molecule has 1 heterocycles. The predicted octanol–water partition coefficient (Wildman–Crippen LogP) is 3.06. The van der Waals surface area contributed by atoms with Crippen LogP contribution in [-0.4, -0.2) is 14.7 Å². The maximum absolute atomic E-state index is 12.8. The number of aromatic hydroxyl groups is 1. The monoisotopic (exact) mass is 356 g/mol. The van der Waals surface area contributed by atoms with E-state index in [-0.39, 0.29) is 27.4 Å². The number of fused-ring (bicyclic) bond motifs is 1. The van der Waals surface area contributed by atoms with Crippen LogP contribution in [0.2, 0.25) is 5.02 Å². The van der Waals surface area contributed by atoms with Crippen molar-refractivity contribution in [3.05, 3.63) is 67.8 Å². The van der Waals surface area contributed by atoms with Crippen LogP contribution in [0.1, 0.15) is 5.56 Å². The second-order valence-corrected chi connectivity index (χ2v) is 5.39. The average Bonchev–Trinajstić information content (AvgIpc) is 2.49. The van der Waals surface area contributed by atoms with E-state index in [0.29, 0.717) is 6.07 Å². The summed E-state index contributed by atoms with van der Waals surface area (Å²) in [7, 11) is 0. The quantitative estimate of drug-likeness (QED) is 0.703. The number of phenolic OH excluding ortho intramolecular Hbond substituents is 1. The van der Waals surface area contributed by atoms with Crippen molar-refractivity contribution in [3.63, 3.8) is 0 Å². The van der Waals surface area contributed by atoms with Crippen LogP contribution in [0.4, 0.5) is 13.2 Å². The number of aromatic amines is 1. The molecule has 0 aliphatic rings. The molecule has 1 aromatic heterocycles. The molecule has 24 heavy (non-hydrogen) atoms. The number of nitrogens with one attached hydrogen (secondary N) is 1. The summed E-state index contributed by atoms with van der Waals surface area (Å²) >= 11 is 5.84. The van der Waals surface area contributed by atoms with Crippen LogP contribution in [0.15, 0.2) is 46.0 Å². The second kappa shape index (κ2) is 5.41. The third-order valence-corrected chi connectivity index (χ3v) is 3.65. The van der Waals surface area contributed by atoms with E-state index >= 15 is 0 Å². The number of phenols is 1. The molecule has 0 bridgehead atoms. The van der Waals surface area contributed by atoms with Crippen LogP contribution in [0, 0.1) is 0 Å². The molecule has 5 nitrogen and oxygen atoms in total. The molecule has 0 aliphatic heterocycles. The van der Waals surface area contributed by atoms with Gasteiger partial charge in [0.15, 0.2) is 0 Å². The minimum atomic E-state index is -4.64. The van der Waals surface area contributed by atoms with Gasteiger partial charge < -0.3 is 5.11 Å². The largest absolute Gasteiger partial charge is 0.506 e. The number of benzene rings is 2. The number of halogens is 4. The van der Waals surface area contributed by atoms with Crippen molar-refractivity contribution in [2.45, 2.75) is 6.18 Å².